The van der Waals surface area contributed by atoms with E-state index in [-0.39, 0.29) is 6.04 Å². The molecule has 0 aliphatic carbocycles. The van der Waals surface area contributed by atoms with E-state index in [0.717, 1.165) is 59.2 Å². The summed E-state index contributed by atoms with van der Waals surface area (Å²) in [5.41, 5.74) is 3.67. The van der Waals surface area contributed by atoms with Crippen molar-refractivity contribution in [2.75, 3.05) is 20.2 Å². The second-order valence-electron chi connectivity index (χ2n) is 9.57. The SMILES string of the molecule is C=C[C@H]1C[N+]2(Cc3ccc(C#N)cc3)CC[C@H]1C[C@@H]2[C@@H](O)c1ccnc2ccc(OC)cc12. The Hall–Kier alpha value is -3.20. The van der Waals surface area contributed by atoms with Crippen molar-refractivity contribution in [2.45, 2.75) is 31.5 Å². The van der Waals surface area contributed by atoms with E-state index in [2.05, 4.69) is 35.8 Å². The molecule has 5 atom stereocenters. The first kappa shape index (κ1) is 21.6. The Labute approximate surface area is 195 Å². The van der Waals surface area contributed by atoms with Gasteiger partial charge in [0, 0.05) is 35.9 Å². The number of hydrogen-bond donors (Lipinski definition) is 1. The first-order chi connectivity index (χ1) is 16.1. The summed E-state index contributed by atoms with van der Waals surface area (Å²) in [4.78, 5) is 4.51. The molecule has 3 fully saturated rings. The van der Waals surface area contributed by atoms with E-state index in [1.807, 2.05) is 36.4 Å². The number of quaternary nitrogens is 1. The van der Waals surface area contributed by atoms with Gasteiger partial charge in [-0.1, -0.05) is 18.2 Å². The molecule has 0 amide bonds. The van der Waals surface area contributed by atoms with Gasteiger partial charge in [0.25, 0.3) is 0 Å². The topological polar surface area (TPSA) is 66.1 Å². The molecule has 5 heteroatoms. The Morgan fingerprint density at radius 3 is 2.82 bits per heavy atom. The van der Waals surface area contributed by atoms with Crippen LogP contribution in [0.3, 0.4) is 0 Å². The highest BCUT2D eigenvalue weighted by atomic mass is 16.5. The lowest BCUT2D eigenvalue weighted by Gasteiger charge is -2.58. The highest BCUT2D eigenvalue weighted by Crippen LogP contribution is 2.48. The third-order valence-corrected chi connectivity index (χ3v) is 7.92. The van der Waals surface area contributed by atoms with Crippen molar-refractivity contribution in [2.24, 2.45) is 11.8 Å². The van der Waals surface area contributed by atoms with Crippen molar-refractivity contribution in [3.8, 4) is 11.8 Å². The highest BCUT2D eigenvalue weighted by molar-refractivity contribution is 5.83. The van der Waals surface area contributed by atoms with Crippen LogP contribution in [0.4, 0.5) is 0 Å². The number of ether oxygens (including phenoxy) is 1. The number of aromatic nitrogens is 1. The molecule has 1 aromatic heterocycles. The molecule has 6 rings (SSSR count). The zero-order chi connectivity index (χ0) is 23.0. The van der Waals surface area contributed by atoms with Crippen molar-refractivity contribution in [3.63, 3.8) is 0 Å². The lowest BCUT2D eigenvalue weighted by atomic mass is 9.71. The highest BCUT2D eigenvalue weighted by Gasteiger charge is 2.54. The number of nitriles is 1. The molecule has 4 heterocycles. The van der Waals surface area contributed by atoms with Crippen molar-refractivity contribution < 1.29 is 14.3 Å². The summed E-state index contributed by atoms with van der Waals surface area (Å²) in [6.45, 7) is 7.00. The fourth-order valence-corrected chi connectivity index (χ4v) is 6.17. The van der Waals surface area contributed by atoms with Crippen LogP contribution in [0.5, 0.6) is 5.75 Å². The second-order valence-corrected chi connectivity index (χ2v) is 9.57. The quantitative estimate of drug-likeness (QED) is 0.443. The van der Waals surface area contributed by atoms with Crippen LogP contribution in [-0.2, 0) is 6.54 Å². The number of rotatable bonds is 6. The zero-order valence-corrected chi connectivity index (χ0v) is 19.0. The molecule has 3 aliphatic rings. The molecular formula is C28H30N3O2+. The molecule has 0 spiro atoms. The zero-order valence-electron chi connectivity index (χ0n) is 19.0. The lowest BCUT2D eigenvalue weighted by Crippen LogP contribution is -2.67. The molecule has 0 saturated carbocycles. The molecule has 1 N–H and O–H groups in total. The van der Waals surface area contributed by atoms with Gasteiger partial charge in [0.1, 0.15) is 24.4 Å². The number of nitrogens with zero attached hydrogens (tertiary/aromatic N) is 3. The van der Waals surface area contributed by atoms with Gasteiger partial charge in [-0.2, -0.15) is 5.26 Å². The lowest BCUT2D eigenvalue weighted by molar-refractivity contribution is -0.984. The minimum atomic E-state index is -0.602. The van der Waals surface area contributed by atoms with E-state index in [4.69, 9.17) is 4.74 Å². The molecule has 3 aromatic rings. The van der Waals surface area contributed by atoms with E-state index < -0.39 is 6.10 Å². The largest absolute Gasteiger partial charge is 0.497 e. The summed E-state index contributed by atoms with van der Waals surface area (Å²) >= 11 is 0. The standard InChI is InChI=1S/C28H30N3O2/c1-3-21-18-31(17-20-6-4-19(16-29)5-7-20)13-11-22(21)14-27(31)28(32)24-10-12-30-26-9-8-23(33-2)15-25(24)26/h3-10,12,15,21-22,27-28,32H,1,11,13-14,17-18H2,2H3/q+1/t21-,22-,27+,28-,31?/m0/s1. The van der Waals surface area contributed by atoms with Gasteiger partial charge in [-0.3, -0.25) is 4.98 Å². The molecular weight excluding hydrogens is 410 g/mol. The van der Waals surface area contributed by atoms with Crippen molar-refractivity contribution in [1.82, 2.24) is 4.98 Å². The Kier molecular flexibility index (Phi) is 5.65. The molecule has 1 unspecified atom stereocenters. The van der Waals surface area contributed by atoms with Crippen LogP contribution < -0.4 is 4.74 Å². The molecule has 2 bridgehead atoms. The molecule has 2 aromatic carbocycles. The number of benzene rings is 2. The number of pyridine rings is 1. The predicted molar refractivity (Wildman–Crippen MR) is 128 cm³/mol. The summed E-state index contributed by atoms with van der Waals surface area (Å²) in [6.07, 6.45) is 5.43. The number of hydrogen-bond acceptors (Lipinski definition) is 4. The second kappa shape index (κ2) is 8.62. The Morgan fingerprint density at radius 2 is 2.09 bits per heavy atom. The number of piperidine rings is 3. The number of aliphatic hydroxyl groups is 1. The fraction of sp³-hybridized carbons (Fsp3) is 0.357. The van der Waals surface area contributed by atoms with Gasteiger partial charge in [0.05, 0.1) is 37.3 Å². The molecule has 3 saturated heterocycles. The number of aliphatic hydroxyl groups excluding tert-OH is 1. The average molecular weight is 441 g/mol. The molecule has 168 valence electrons. The minimum Gasteiger partial charge on any atom is -0.497 e. The maximum atomic E-state index is 11.9. The molecule has 3 aliphatic heterocycles. The number of fused-ring (bicyclic) bond motifs is 4. The van der Waals surface area contributed by atoms with Crippen LogP contribution in [0.1, 0.15) is 35.6 Å². The van der Waals surface area contributed by atoms with E-state index in [1.165, 1.54) is 5.56 Å². The molecule has 33 heavy (non-hydrogen) atoms. The summed E-state index contributed by atoms with van der Waals surface area (Å²) in [5, 5.41) is 22.0. The van der Waals surface area contributed by atoms with Gasteiger partial charge in [0.15, 0.2) is 0 Å². The Bertz CT molecular complexity index is 1220. The average Bonchev–Trinajstić information content (AvgIpc) is 2.88. The third kappa shape index (κ3) is 3.80. The van der Waals surface area contributed by atoms with Crippen LogP contribution >= 0.6 is 0 Å². The first-order valence-electron chi connectivity index (χ1n) is 11.6. The maximum absolute atomic E-state index is 11.9. The van der Waals surface area contributed by atoms with E-state index in [9.17, 15) is 10.4 Å². The summed E-state index contributed by atoms with van der Waals surface area (Å²) < 4.78 is 6.29. The Morgan fingerprint density at radius 1 is 1.27 bits per heavy atom. The molecule has 5 nitrogen and oxygen atoms in total. The van der Waals surface area contributed by atoms with Gasteiger partial charge in [-0.15, -0.1) is 6.58 Å². The van der Waals surface area contributed by atoms with Gasteiger partial charge in [-0.25, -0.2) is 0 Å². The summed E-state index contributed by atoms with van der Waals surface area (Å²) in [7, 11) is 1.66. The maximum Gasteiger partial charge on any atom is 0.131 e. The summed E-state index contributed by atoms with van der Waals surface area (Å²) in [5.74, 6) is 1.79. The predicted octanol–water partition coefficient (Wildman–Crippen LogP) is 4.76. The molecule has 0 radical (unpaired) electrons. The van der Waals surface area contributed by atoms with Crippen molar-refractivity contribution >= 4 is 10.9 Å². The van der Waals surface area contributed by atoms with E-state index in [1.54, 1.807) is 13.3 Å². The van der Waals surface area contributed by atoms with Crippen molar-refractivity contribution in [1.29, 1.82) is 5.26 Å². The van der Waals surface area contributed by atoms with Gasteiger partial charge in [-0.05, 0) is 47.9 Å². The van der Waals surface area contributed by atoms with Crippen LogP contribution in [0.2, 0.25) is 0 Å². The van der Waals surface area contributed by atoms with Crippen LogP contribution in [0.25, 0.3) is 10.9 Å². The van der Waals surface area contributed by atoms with Gasteiger partial charge < -0.3 is 14.3 Å². The number of methoxy groups -OCH3 is 1. The first-order valence-corrected chi connectivity index (χ1v) is 11.6. The normalized spacial score (nSPS) is 27.1. The van der Waals surface area contributed by atoms with E-state index in [0.29, 0.717) is 17.4 Å². The van der Waals surface area contributed by atoms with Gasteiger partial charge in [0.2, 0.25) is 0 Å². The smallest absolute Gasteiger partial charge is 0.131 e. The minimum absolute atomic E-state index is 0.0902. The third-order valence-electron chi connectivity index (χ3n) is 7.92. The fourth-order valence-electron chi connectivity index (χ4n) is 6.17. The van der Waals surface area contributed by atoms with Crippen molar-refractivity contribution in [3.05, 3.63) is 84.1 Å². The summed E-state index contributed by atoms with van der Waals surface area (Å²) in [6, 6.07) is 18.0. The van der Waals surface area contributed by atoms with E-state index >= 15 is 0 Å². The van der Waals surface area contributed by atoms with Gasteiger partial charge >= 0.3 is 0 Å². The van der Waals surface area contributed by atoms with Crippen LogP contribution in [0.15, 0.2) is 67.4 Å². The Balaban J connectivity index is 1.55. The monoisotopic (exact) mass is 440 g/mol. The van der Waals surface area contributed by atoms with Crippen LogP contribution in [0, 0.1) is 23.2 Å². The van der Waals surface area contributed by atoms with Crippen LogP contribution in [-0.4, -0.2) is 40.8 Å².